The molecule has 4 bridgehead atoms. The number of hydrogen-bond donors (Lipinski definition) is 4. The molecule has 15 heteroatoms. The second-order valence-corrected chi connectivity index (χ2v) is 13.4. The Labute approximate surface area is 287 Å². The topological polar surface area (TPSA) is 184 Å². The van der Waals surface area contributed by atoms with Gasteiger partial charge in [0.05, 0.1) is 19.3 Å². The van der Waals surface area contributed by atoms with Crippen LogP contribution in [-0.2, 0) is 29.0 Å². The van der Waals surface area contributed by atoms with Crippen molar-refractivity contribution in [2.75, 3.05) is 26.2 Å². The maximum absolute atomic E-state index is 13.8. The van der Waals surface area contributed by atoms with Crippen LogP contribution in [0.3, 0.4) is 0 Å². The number of carbonyl (C=O) groups excluding carboxylic acids is 4. The number of amides is 4. The van der Waals surface area contributed by atoms with Gasteiger partial charge >= 0.3 is 0 Å². The Bertz CT molecular complexity index is 1820. The lowest BCUT2D eigenvalue weighted by molar-refractivity contribution is -0.122. The summed E-state index contributed by atoms with van der Waals surface area (Å²) in [4.78, 5) is 64.6. The summed E-state index contributed by atoms with van der Waals surface area (Å²) in [6, 6.07) is 8.49. The van der Waals surface area contributed by atoms with Gasteiger partial charge in [-0.15, -0.1) is 11.3 Å². The normalized spacial score (nSPS) is 19.5. The molecule has 0 unspecified atom stereocenters. The number of oxazole rings is 1. The molecule has 4 aromatic rings. The fourth-order valence-corrected chi connectivity index (χ4v) is 6.95. The van der Waals surface area contributed by atoms with Crippen molar-refractivity contribution in [1.82, 2.24) is 41.0 Å². The van der Waals surface area contributed by atoms with Gasteiger partial charge in [-0.2, -0.15) is 5.10 Å². The van der Waals surface area contributed by atoms with Crippen molar-refractivity contribution in [1.29, 1.82) is 0 Å². The Morgan fingerprint density at radius 1 is 1.06 bits per heavy atom. The number of fused-ring (bicyclic) bond motifs is 5. The fourth-order valence-electron chi connectivity index (χ4n) is 5.93. The van der Waals surface area contributed by atoms with Gasteiger partial charge in [-0.3, -0.25) is 24.3 Å². The van der Waals surface area contributed by atoms with Crippen molar-refractivity contribution in [3.05, 3.63) is 86.3 Å². The smallest absolute Gasteiger partial charge is 0.274 e. The first-order valence-electron chi connectivity index (χ1n) is 16.5. The highest BCUT2D eigenvalue weighted by molar-refractivity contribution is 7.09. The predicted molar refractivity (Wildman–Crippen MR) is 179 cm³/mol. The number of nitrogens with one attached hydrogen (secondary N) is 4. The first-order chi connectivity index (χ1) is 23.7. The van der Waals surface area contributed by atoms with Crippen LogP contribution in [0, 0.1) is 12.8 Å². The molecule has 0 saturated heterocycles. The maximum Gasteiger partial charge on any atom is 0.274 e. The summed E-state index contributed by atoms with van der Waals surface area (Å²) in [5.74, 6) is -0.944. The highest BCUT2D eigenvalue weighted by Crippen LogP contribution is 2.27. The quantitative estimate of drug-likeness (QED) is 0.249. The monoisotopic (exact) mass is 688 g/mol. The zero-order valence-electron chi connectivity index (χ0n) is 27.7. The Kier molecular flexibility index (Phi) is 10.5. The van der Waals surface area contributed by atoms with E-state index in [1.54, 1.807) is 17.2 Å². The molecule has 1 aromatic carbocycles. The Hall–Kier alpha value is -4.89. The lowest BCUT2D eigenvalue weighted by Gasteiger charge is -2.23. The lowest BCUT2D eigenvalue weighted by atomic mass is 10.0. The molecule has 258 valence electrons. The zero-order valence-corrected chi connectivity index (χ0v) is 28.5. The Balaban J connectivity index is 1.29. The molecule has 2 aliphatic heterocycles. The molecular formula is C34H40N8O6S. The van der Waals surface area contributed by atoms with Crippen molar-refractivity contribution >= 4 is 35.0 Å². The van der Waals surface area contributed by atoms with E-state index in [2.05, 4.69) is 36.1 Å². The first kappa shape index (κ1) is 34.0. The number of aryl methyl sites for hydroxylation is 1. The molecule has 3 aromatic heterocycles. The summed E-state index contributed by atoms with van der Waals surface area (Å²) < 4.78 is 11.6. The average Bonchev–Trinajstić information content (AvgIpc) is 3.84. The van der Waals surface area contributed by atoms with Gasteiger partial charge in [0.25, 0.3) is 17.7 Å². The van der Waals surface area contributed by atoms with Crippen molar-refractivity contribution < 1.29 is 28.3 Å². The molecule has 0 radical (unpaired) electrons. The van der Waals surface area contributed by atoms with Crippen LogP contribution in [0.4, 0.5) is 0 Å². The molecule has 0 aliphatic carbocycles. The Morgan fingerprint density at radius 2 is 1.88 bits per heavy atom. The Morgan fingerprint density at radius 3 is 2.67 bits per heavy atom. The summed E-state index contributed by atoms with van der Waals surface area (Å²) in [6.07, 6.45) is 1.48. The van der Waals surface area contributed by atoms with E-state index in [0.717, 1.165) is 16.8 Å². The van der Waals surface area contributed by atoms with Crippen LogP contribution in [-0.4, -0.2) is 74.9 Å². The number of carbonyl (C=O) groups is 4. The lowest BCUT2D eigenvalue weighted by Crippen LogP contribution is -2.40. The van der Waals surface area contributed by atoms with Gasteiger partial charge in [-0.1, -0.05) is 44.2 Å². The molecule has 4 N–H and O–H groups in total. The van der Waals surface area contributed by atoms with Crippen molar-refractivity contribution in [2.45, 2.75) is 65.1 Å². The number of thiazole rings is 1. The number of H-pyrrole nitrogens is 1. The van der Waals surface area contributed by atoms with Crippen LogP contribution < -0.4 is 16.0 Å². The van der Waals surface area contributed by atoms with E-state index in [1.807, 2.05) is 44.2 Å². The van der Waals surface area contributed by atoms with Gasteiger partial charge in [0.15, 0.2) is 11.4 Å². The van der Waals surface area contributed by atoms with Gasteiger partial charge in [-0.25, -0.2) is 9.97 Å². The van der Waals surface area contributed by atoms with Crippen LogP contribution in [0.1, 0.15) is 104 Å². The number of ether oxygens (including phenoxy) is 1. The van der Waals surface area contributed by atoms with Gasteiger partial charge in [0, 0.05) is 55.5 Å². The van der Waals surface area contributed by atoms with Crippen molar-refractivity contribution in [2.24, 2.45) is 5.92 Å². The molecular weight excluding hydrogens is 648 g/mol. The number of aromatic amines is 1. The summed E-state index contributed by atoms with van der Waals surface area (Å²) in [5, 5.41) is 18.4. The minimum absolute atomic E-state index is 0.0570. The average molecular weight is 689 g/mol. The standard InChI is InChI=1S/C34H40N8O6S/c1-19(2)27-33-37-25(18-49-33)30(44)35-12-14-42(34(46)29-22-17-47-15-11-23(22)40-41-29)13-7-10-26(43)36-24(16-21-8-5-4-6-9-21)32-39-28(20(3)48-32)31(45)38-27/h4-6,8-9,18-19,24,27H,7,10-17H2,1-3H3,(H,35,44)(H,36,43)(H,38,45)(H,40,41)/t24-,27-/m0/s1. The van der Waals surface area contributed by atoms with Crippen LogP contribution in [0.25, 0.3) is 0 Å². The van der Waals surface area contributed by atoms with Crippen LogP contribution in [0.5, 0.6) is 0 Å². The van der Waals surface area contributed by atoms with Crippen LogP contribution in [0.2, 0.25) is 0 Å². The molecule has 14 nitrogen and oxygen atoms in total. The van der Waals surface area contributed by atoms with E-state index in [1.165, 1.54) is 11.3 Å². The SMILES string of the molecule is Cc1oc2nc1C(=O)N[C@@H](C(C)C)c1nc(cs1)C(=O)NCCN(C(=O)c1n[nH]c3c1COCC3)CCCC(=O)N[C@H]2Cc1ccccc1. The molecule has 5 heterocycles. The molecule has 49 heavy (non-hydrogen) atoms. The number of hydrogen-bond acceptors (Lipinski definition) is 10. The van der Waals surface area contributed by atoms with E-state index in [0.29, 0.717) is 36.6 Å². The second-order valence-electron chi connectivity index (χ2n) is 12.5. The van der Waals surface area contributed by atoms with Crippen LogP contribution in [0.15, 0.2) is 40.1 Å². The number of nitrogens with zero attached hydrogens (tertiary/aromatic N) is 4. The first-order valence-corrected chi connectivity index (χ1v) is 17.3. The summed E-state index contributed by atoms with van der Waals surface area (Å²) in [7, 11) is 0. The molecule has 0 saturated carbocycles. The molecule has 6 rings (SSSR count). The molecule has 2 atom stereocenters. The summed E-state index contributed by atoms with van der Waals surface area (Å²) in [5.41, 5.74) is 3.16. The number of rotatable bonds is 4. The largest absolute Gasteiger partial charge is 0.443 e. The minimum atomic E-state index is -0.647. The summed E-state index contributed by atoms with van der Waals surface area (Å²) >= 11 is 1.28. The predicted octanol–water partition coefficient (Wildman–Crippen LogP) is 3.43. The third kappa shape index (κ3) is 7.89. The molecule has 0 spiro atoms. The molecule has 0 fully saturated rings. The molecule has 2 aliphatic rings. The van der Waals surface area contributed by atoms with E-state index in [4.69, 9.17) is 9.15 Å². The third-order valence-electron chi connectivity index (χ3n) is 8.60. The van der Waals surface area contributed by atoms with Gasteiger partial charge in [0.2, 0.25) is 11.8 Å². The number of aromatic nitrogens is 4. The van der Waals surface area contributed by atoms with Crippen molar-refractivity contribution in [3.63, 3.8) is 0 Å². The summed E-state index contributed by atoms with van der Waals surface area (Å²) in [6.45, 7) is 6.98. The van der Waals surface area contributed by atoms with E-state index < -0.39 is 23.9 Å². The van der Waals surface area contributed by atoms with E-state index in [9.17, 15) is 19.2 Å². The van der Waals surface area contributed by atoms with Gasteiger partial charge < -0.3 is 30.0 Å². The van der Waals surface area contributed by atoms with Crippen LogP contribution >= 0.6 is 11.3 Å². The zero-order chi connectivity index (χ0) is 34.5. The maximum atomic E-state index is 13.8. The number of benzene rings is 1. The highest BCUT2D eigenvalue weighted by Gasteiger charge is 2.30. The second kappa shape index (κ2) is 15.1. The van der Waals surface area contributed by atoms with Gasteiger partial charge in [0.1, 0.15) is 22.5 Å². The van der Waals surface area contributed by atoms with Gasteiger partial charge in [-0.05, 0) is 24.8 Å². The van der Waals surface area contributed by atoms with E-state index >= 15 is 0 Å². The highest BCUT2D eigenvalue weighted by atomic mass is 32.1. The minimum Gasteiger partial charge on any atom is -0.443 e. The third-order valence-corrected chi connectivity index (χ3v) is 9.53. The molecule has 4 amide bonds. The fraction of sp³-hybridized carbons (Fsp3) is 0.441. The van der Waals surface area contributed by atoms with Crippen molar-refractivity contribution in [3.8, 4) is 0 Å². The van der Waals surface area contributed by atoms with E-state index in [-0.39, 0.29) is 73.4 Å².